The predicted molar refractivity (Wildman–Crippen MR) is 62.2 cm³/mol. The van der Waals surface area contributed by atoms with Crippen LogP contribution in [-0.4, -0.2) is 11.7 Å². The number of nitrogens with two attached hydrogens (primary N) is 1. The number of aromatic hydroxyl groups is 1. The van der Waals surface area contributed by atoms with Crippen molar-refractivity contribution in [2.24, 2.45) is 17.1 Å². The fraction of sp³-hybridized carbons (Fsp3) is 0.500. The highest BCUT2D eigenvalue weighted by molar-refractivity contribution is 6.31. The van der Waals surface area contributed by atoms with E-state index in [1.807, 2.05) is 6.07 Å². The molecule has 0 amide bonds. The van der Waals surface area contributed by atoms with E-state index < -0.39 is 0 Å². The quantitative estimate of drug-likeness (QED) is 0.813. The summed E-state index contributed by atoms with van der Waals surface area (Å²) in [6.07, 6.45) is 0. The largest absolute Gasteiger partial charge is 0.508 e. The highest BCUT2D eigenvalue weighted by Crippen LogP contribution is 2.66. The molecule has 0 unspecified atom stereocenters. The van der Waals surface area contributed by atoms with E-state index in [1.165, 1.54) is 0 Å². The van der Waals surface area contributed by atoms with Crippen molar-refractivity contribution in [2.75, 3.05) is 6.54 Å². The lowest BCUT2D eigenvalue weighted by Gasteiger charge is -2.07. The summed E-state index contributed by atoms with van der Waals surface area (Å²) < 4.78 is 0. The fourth-order valence-electron chi connectivity index (χ4n) is 2.59. The van der Waals surface area contributed by atoms with Crippen molar-refractivity contribution in [1.82, 2.24) is 0 Å². The van der Waals surface area contributed by atoms with Gasteiger partial charge < -0.3 is 10.8 Å². The number of halogens is 1. The first-order chi connectivity index (χ1) is 7.00. The minimum Gasteiger partial charge on any atom is -0.508 e. The summed E-state index contributed by atoms with van der Waals surface area (Å²) in [5.74, 6) is 0.996. The van der Waals surface area contributed by atoms with Gasteiger partial charge in [0.1, 0.15) is 5.75 Å². The molecule has 2 atom stereocenters. The van der Waals surface area contributed by atoms with Crippen molar-refractivity contribution in [3.05, 3.63) is 28.8 Å². The molecule has 0 aliphatic heterocycles. The molecule has 3 heteroatoms. The van der Waals surface area contributed by atoms with Gasteiger partial charge in [-0.3, -0.25) is 0 Å². The second-order valence-corrected chi connectivity index (χ2v) is 5.22. The molecule has 0 radical (unpaired) electrons. The Labute approximate surface area is 95.1 Å². The van der Waals surface area contributed by atoms with E-state index in [2.05, 4.69) is 13.8 Å². The lowest BCUT2D eigenvalue weighted by Crippen LogP contribution is -2.05. The van der Waals surface area contributed by atoms with Crippen molar-refractivity contribution in [3.63, 3.8) is 0 Å². The average molecular weight is 226 g/mol. The van der Waals surface area contributed by atoms with Crippen LogP contribution in [0.15, 0.2) is 18.2 Å². The maximum atomic E-state index is 9.82. The molecule has 0 heterocycles. The summed E-state index contributed by atoms with van der Waals surface area (Å²) in [4.78, 5) is 0. The molecule has 1 aliphatic rings. The second kappa shape index (κ2) is 3.39. The molecular weight excluding hydrogens is 210 g/mol. The zero-order valence-electron chi connectivity index (χ0n) is 9.00. The molecule has 2 rings (SSSR count). The van der Waals surface area contributed by atoms with Gasteiger partial charge >= 0.3 is 0 Å². The number of hydrogen-bond donors (Lipinski definition) is 2. The van der Waals surface area contributed by atoms with Crippen LogP contribution in [0, 0.1) is 11.3 Å². The third-order valence-corrected chi connectivity index (χ3v) is 3.97. The van der Waals surface area contributed by atoms with Crippen molar-refractivity contribution < 1.29 is 5.11 Å². The Morgan fingerprint density at radius 2 is 2.13 bits per heavy atom. The summed E-state index contributed by atoms with van der Waals surface area (Å²) in [5, 5.41) is 10.5. The molecule has 1 aromatic rings. The Balaban J connectivity index is 2.41. The van der Waals surface area contributed by atoms with Gasteiger partial charge in [0.15, 0.2) is 0 Å². The van der Waals surface area contributed by atoms with Crippen LogP contribution in [0.4, 0.5) is 0 Å². The molecule has 1 fully saturated rings. The summed E-state index contributed by atoms with van der Waals surface area (Å²) >= 11 is 6.11. The maximum absolute atomic E-state index is 9.82. The van der Waals surface area contributed by atoms with Gasteiger partial charge in [-0.25, -0.2) is 0 Å². The third-order valence-electron chi connectivity index (χ3n) is 3.65. The van der Waals surface area contributed by atoms with E-state index >= 15 is 0 Å². The van der Waals surface area contributed by atoms with Crippen LogP contribution in [0.5, 0.6) is 5.75 Å². The topological polar surface area (TPSA) is 46.2 Å². The minimum absolute atomic E-state index is 0.150. The van der Waals surface area contributed by atoms with Gasteiger partial charge in [-0.05, 0) is 35.9 Å². The molecule has 1 aromatic carbocycles. The van der Waals surface area contributed by atoms with Gasteiger partial charge in [-0.15, -0.1) is 0 Å². The van der Waals surface area contributed by atoms with E-state index in [-0.39, 0.29) is 17.1 Å². The average Bonchev–Trinajstić information content (AvgIpc) is 2.68. The van der Waals surface area contributed by atoms with E-state index in [4.69, 9.17) is 17.3 Å². The molecule has 2 nitrogen and oxygen atoms in total. The second-order valence-electron chi connectivity index (χ2n) is 4.81. The van der Waals surface area contributed by atoms with Crippen molar-refractivity contribution in [3.8, 4) is 5.75 Å². The van der Waals surface area contributed by atoms with Crippen molar-refractivity contribution in [1.29, 1.82) is 0 Å². The Kier molecular flexibility index (Phi) is 2.44. The van der Waals surface area contributed by atoms with Gasteiger partial charge in [0, 0.05) is 10.6 Å². The van der Waals surface area contributed by atoms with Crippen LogP contribution >= 0.6 is 11.6 Å². The van der Waals surface area contributed by atoms with Gasteiger partial charge in [0.2, 0.25) is 0 Å². The Bertz CT molecular complexity index is 369. The van der Waals surface area contributed by atoms with E-state index in [1.54, 1.807) is 12.1 Å². The van der Waals surface area contributed by atoms with Crippen LogP contribution in [0.3, 0.4) is 0 Å². The minimum atomic E-state index is 0.150. The van der Waals surface area contributed by atoms with Crippen molar-refractivity contribution >= 4 is 11.6 Å². The normalized spacial score (nSPS) is 27.7. The highest BCUT2D eigenvalue weighted by Gasteiger charge is 2.58. The SMILES string of the molecule is CC1(C)[C@H](CN)[C@H]1c1c(O)cccc1Cl. The number of benzene rings is 1. The molecule has 1 aliphatic carbocycles. The lowest BCUT2D eigenvalue weighted by atomic mass is 10.0. The van der Waals surface area contributed by atoms with Gasteiger partial charge in [-0.1, -0.05) is 31.5 Å². The monoisotopic (exact) mass is 225 g/mol. The van der Waals surface area contributed by atoms with E-state index in [9.17, 15) is 5.11 Å². The number of hydrogen-bond acceptors (Lipinski definition) is 2. The van der Waals surface area contributed by atoms with Gasteiger partial charge in [0.25, 0.3) is 0 Å². The Morgan fingerprint density at radius 3 is 2.60 bits per heavy atom. The van der Waals surface area contributed by atoms with Crippen LogP contribution in [0.25, 0.3) is 0 Å². The number of phenols is 1. The lowest BCUT2D eigenvalue weighted by molar-refractivity contribution is 0.464. The first-order valence-electron chi connectivity index (χ1n) is 5.17. The first-order valence-corrected chi connectivity index (χ1v) is 5.55. The van der Waals surface area contributed by atoms with E-state index in [0.29, 0.717) is 17.5 Å². The molecule has 82 valence electrons. The standard InChI is InChI=1S/C12H16ClNO/c1-12(2)7(6-14)11(12)10-8(13)4-3-5-9(10)15/h3-5,7,11,15H,6,14H2,1-2H3/t7-,11+/m1/s1. The van der Waals surface area contributed by atoms with Crippen LogP contribution in [-0.2, 0) is 0 Å². The third kappa shape index (κ3) is 1.52. The zero-order chi connectivity index (χ0) is 11.2. The van der Waals surface area contributed by atoms with Gasteiger partial charge in [0.05, 0.1) is 0 Å². The summed E-state index contributed by atoms with van der Waals surface area (Å²) in [7, 11) is 0. The molecule has 3 N–H and O–H groups in total. The van der Waals surface area contributed by atoms with Crippen LogP contribution in [0.2, 0.25) is 5.02 Å². The van der Waals surface area contributed by atoms with Crippen LogP contribution < -0.4 is 5.73 Å². The predicted octanol–water partition coefficient (Wildman–Crippen LogP) is 2.74. The first kappa shape index (κ1) is 10.8. The summed E-state index contributed by atoms with van der Waals surface area (Å²) in [6, 6.07) is 5.26. The number of phenolic OH excluding ortho intramolecular Hbond substituents is 1. The summed E-state index contributed by atoms with van der Waals surface area (Å²) in [5.41, 5.74) is 6.72. The maximum Gasteiger partial charge on any atom is 0.120 e. The number of rotatable bonds is 2. The molecule has 0 aromatic heterocycles. The zero-order valence-corrected chi connectivity index (χ0v) is 9.75. The molecular formula is C12H16ClNO. The van der Waals surface area contributed by atoms with Crippen molar-refractivity contribution in [2.45, 2.75) is 19.8 Å². The molecule has 0 saturated heterocycles. The van der Waals surface area contributed by atoms with E-state index in [0.717, 1.165) is 5.56 Å². The fourth-order valence-corrected chi connectivity index (χ4v) is 2.88. The highest BCUT2D eigenvalue weighted by atomic mass is 35.5. The Morgan fingerprint density at radius 1 is 1.47 bits per heavy atom. The summed E-state index contributed by atoms with van der Waals surface area (Å²) in [6.45, 7) is 4.97. The Hall–Kier alpha value is -0.730. The molecule has 0 bridgehead atoms. The van der Waals surface area contributed by atoms with Crippen LogP contribution in [0.1, 0.15) is 25.3 Å². The molecule has 0 spiro atoms. The molecule has 1 saturated carbocycles. The smallest absolute Gasteiger partial charge is 0.120 e. The van der Waals surface area contributed by atoms with Gasteiger partial charge in [-0.2, -0.15) is 0 Å². The molecule has 15 heavy (non-hydrogen) atoms.